The van der Waals surface area contributed by atoms with E-state index in [9.17, 15) is 9.59 Å². The summed E-state index contributed by atoms with van der Waals surface area (Å²) in [5.74, 6) is 0. The zero-order valence-corrected chi connectivity index (χ0v) is 13.8. The number of nitrogens with zero attached hydrogens (tertiary/aromatic N) is 2. The number of carbonyl (C=O) groups is 2. The summed E-state index contributed by atoms with van der Waals surface area (Å²) in [6.45, 7) is 3.53. The highest BCUT2D eigenvalue weighted by atomic mass is 16.6. The summed E-state index contributed by atoms with van der Waals surface area (Å²) >= 11 is 0. The Bertz CT molecular complexity index is 375. The van der Waals surface area contributed by atoms with Crippen molar-refractivity contribution in [1.29, 1.82) is 0 Å². The van der Waals surface area contributed by atoms with Crippen molar-refractivity contribution in [2.75, 3.05) is 26.7 Å². The number of carbonyl (C=O) groups excluding carboxylic acids is 2. The Kier molecular flexibility index (Phi) is 6.34. The molecule has 0 spiro atoms. The van der Waals surface area contributed by atoms with Crippen LogP contribution in [0.3, 0.4) is 0 Å². The summed E-state index contributed by atoms with van der Waals surface area (Å²) < 4.78 is 5.02. The maximum atomic E-state index is 12.3. The number of likely N-dealkylation sites (tertiary alicyclic amines) is 1. The van der Waals surface area contributed by atoms with Crippen molar-refractivity contribution >= 4 is 12.1 Å². The van der Waals surface area contributed by atoms with Crippen LogP contribution in [0.15, 0.2) is 0 Å². The van der Waals surface area contributed by atoms with Crippen LogP contribution in [-0.4, -0.2) is 60.8 Å². The Balaban J connectivity index is 1.75. The van der Waals surface area contributed by atoms with Crippen molar-refractivity contribution in [1.82, 2.24) is 15.1 Å². The SMILES string of the molecule is CCOC(=O)N1CCC(N(C)C(=O)NC2CCCCC2)CC1. The number of hydrogen-bond donors (Lipinski definition) is 1. The first-order chi connectivity index (χ1) is 10.6. The van der Waals surface area contributed by atoms with Crippen LogP contribution in [0.25, 0.3) is 0 Å². The molecule has 0 aromatic rings. The third kappa shape index (κ3) is 4.52. The molecule has 126 valence electrons. The molecule has 0 aromatic heterocycles. The van der Waals surface area contributed by atoms with E-state index in [0.717, 1.165) is 25.7 Å². The lowest BCUT2D eigenvalue weighted by atomic mass is 9.95. The average molecular weight is 311 g/mol. The highest BCUT2D eigenvalue weighted by Crippen LogP contribution is 2.19. The molecule has 6 nitrogen and oxygen atoms in total. The summed E-state index contributed by atoms with van der Waals surface area (Å²) in [7, 11) is 1.86. The van der Waals surface area contributed by atoms with Crippen molar-refractivity contribution in [2.45, 2.75) is 64.0 Å². The summed E-state index contributed by atoms with van der Waals surface area (Å²) in [5, 5.41) is 3.15. The monoisotopic (exact) mass is 311 g/mol. The third-order valence-corrected chi connectivity index (χ3v) is 4.79. The van der Waals surface area contributed by atoms with Gasteiger partial charge >= 0.3 is 12.1 Å². The molecule has 0 radical (unpaired) electrons. The Morgan fingerprint density at radius 2 is 1.77 bits per heavy atom. The minimum absolute atomic E-state index is 0.0292. The van der Waals surface area contributed by atoms with Gasteiger partial charge in [-0.1, -0.05) is 19.3 Å². The molecule has 1 saturated heterocycles. The van der Waals surface area contributed by atoms with Crippen molar-refractivity contribution in [3.8, 4) is 0 Å². The van der Waals surface area contributed by atoms with Crippen molar-refractivity contribution < 1.29 is 14.3 Å². The second kappa shape index (κ2) is 8.25. The molecule has 1 heterocycles. The molecule has 22 heavy (non-hydrogen) atoms. The molecule has 0 bridgehead atoms. The fraction of sp³-hybridized carbons (Fsp3) is 0.875. The highest BCUT2D eigenvalue weighted by molar-refractivity contribution is 5.74. The molecular formula is C16H29N3O3. The van der Waals surface area contributed by atoms with Gasteiger partial charge in [0.05, 0.1) is 6.61 Å². The zero-order valence-electron chi connectivity index (χ0n) is 13.8. The molecular weight excluding hydrogens is 282 g/mol. The van der Waals surface area contributed by atoms with E-state index in [1.165, 1.54) is 19.3 Å². The van der Waals surface area contributed by atoms with Crippen LogP contribution in [-0.2, 0) is 4.74 Å². The zero-order chi connectivity index (χ0) is 15.9. The molecule has 0 aromatic carbocycles. The fourth-order valence-electron chi connectivity index (χ4n) is 3.34. The van der Waals surface area contributed by atoms with Gasteiger partial charge in [-0.2, -0.15) is 0 Å². The Hall–Kier alpha value is -1.46. The molecule has 1 N–H and O–H groups in total. The van der Waals surface area contributed by atoms with Gasteiger partial charge in [-0.15, -0.1) is 0 Å². The van der Waals surface area contributed by atoms with Gasteiger partial charge in [-0.05, 0) is 32.6 Å². The second-order valence-corrected chi connectivity index (χ2v) is 6.31. The normalized spacial score (nSPS) is 20.5. The van der Waals surface area contributed by atoms with Crippen molar-refractivity contribution in [2.24, 2.45) is 0 Å². The quantitative estimate of drug-likeness (QED) is 0.871. The predicted molar refractivity (Wildman–Crippen MR) is 84.8 cm³/mol. The maximum absolute atomic E-state index is 12.3. The van der Waals surface area contributed by atoms with Gasteiger partial charge in [0.25, 0.3) is 0 Å². The van der Waals surface area contributed by atoms with E-state index in [1.54, 1.807) is 4.90 Å². The molecule has 2 rings (SSSR count). The third-order valence-electron chi connectivity index (χ3n) is 4.79. The minimum atomic E-state index is -0.240. The second-order valence-electron chi connectivity index (χ2n) is 6.31. The number of amides is 3. The van der Waals surface area contributed by atoms with Gasteiger partial charge in [0.1, 0.15) is 0 Å². The van der Waals surface area contributed by atoms with Crippen LogP contribution in [0, 0.1) is 0 Å². The van der Waals surface area contributed by atoms with E-state index in [-0.39, 0.29) is 18.2 Å². The van der Waals surface area contributed by atoms with Gasteiger partial charge in [0.2, 0.25) is 0 Å². The number of hydrogen-bond acceptors (Lipinski definition) is 3. The molecule has 0 atom stereocenters. The molecule has 2 aliphatic rings. The molecule has 0 unspecified atom stereocenters. The van der Waals surface area contributed by atoms with E-state index in [0.29, 0.717) is 25.7 Å². The van der Waals surface area contributed by atoms with E-state index in [4.69, 9.17) is 4.74 Å². The molecule has 3 amide bonds. The van der Waals surface area contributed by atoms with Crippen LogP contribution in [0.4, 0.5) is 9.59 Å². The number of ether oxygens (including phenoxy) is 1. The topological polar surface area (TPSA) is 61.9 Å². The molecule has 6 heteroatoms. The first kappa shape index (κ1) is 16.9. The van der Waals surface area contributed by atoms with E-state index in [1.807, 2.05) is 18.9 Å². The van der Waals surface area contributed by atoms with Gasteiger partial charge in [-0.25, -0.2) is 9.59 Å². The van der Waals surface area contributed by atoms with Gasteiger partial charge in [-0.3, -0.25) is 0 Å². The molecule has 1 aliphatic heterocycles. The summed E-state index contributed by atoms with van der Waals surface area (Å²) in [4.78, 5) is 27.6. The molecule has 1 saturated carbocycles. The maximum Gasteiger partial charge on any atom is 0.409 e. The standard InChI is InChI=1S/C16H29N3O3/c1-3-22-16(21)19-11-9-14(10-12-19)18(2)15(20)17-13-7-5-4-6-8-13/h13-14H,3-12H2,1-2H3,(H,17,20). The van der Waals surface area contributed by atoms with E-state index in [2.05, 4.69) is 5.32 Å². The smallest absolute Gasteiger partial charge is 0.409 e. The van der Waals surface area contributed by atoms with Crippen LogP contribution >= 0.6 is 0 Å². The number of nitrogens with one attached hydrogen (secondary N) is 1. The lowest BCUT2D eigenvalue weighted by molar-refractivity contribution is 0.0849. The van der Waals surface area contributed by atoms with E-state index < -0.39 is 0 Å². The summed E-state index contributed by atoms with van der Waals surface area (Å²) in [6, 6.07) is 0.569. The number of urea groups is 1. The van der Waals surface area contributed by atoms with Gasteiger partial charge < -0.3 is 19.9 Å². The van der Waals surface area contributed by atoms with Crippen LogP contribution in [0.1, 0.15) is 51.9 Å². The Morgan fingerprint density at radius 3 is 2.36 bits per heavy atom. The largest absolute Gasteiger partial charge is 0.450 e. The minimum Gasteiger partial charge on any atom is -0.450 e. The molecule has 1 aliphatic carbocycles. The summed E-state index contributed by atoms with van der Waals surface area (Å²) in [6.07, 6.45) is 7.30. The Labute approximate surface area is 133 Å². The molecule has 2 fully saturated rings. The predicted octanol–water partition coefficient (Wildman–Crippen LogP) is 2.58. The highest BCUT2D eigenvalue weighted by Gasteiger charge is 2.29. The van der Waals surface area contributed by atoms with Crippen molar-refractivity contribution in [3.63, 3.8) is 0 Å². The first-order valence-corrected chi connectivity index (χ1v) is 8.56. The van der Waals surface area contributed by atoms with Crippen LogP contribution in [0.5, 0.6) is 0 Å². The number of piperidine rings is 1. The average Bonchev–Trinajstić information content (AvgIpc) is 2.55. The lowest BCUT2D eigenvalue weighted by Crippen LogP contribution is -2.51. The summed E-state index contributed by atoms with van der Waals surface area (Å²) in [5.41, 5.74) is 0. The lowest BCUT2D eigenvalue weighted by Gasteiger charge is -2.37. The van der Waals surface area contributed by atoms with Gasteiger partial charge in [0.15, 0.2) is 0 Å². The van der Waals surface area contributed by atoms with Gasteiger partial charge in [0, 0.05) is 32.2 Å². The number of rotatable bonds is 3. The van der Waals surface area contributed by atoms with Crippen LogP contribution in [0.2, 0.25) is 0 Å². The Morgan fingerprint density at radius 1 is 1.14 bits per heavy atom. The van der Waals surface area contributed by atoms with Crippen molar-refractivity contribution in [3.05, 3.63) is 0 Å². The van der Waals surface area contributed by atoms with E-state index >= 15 is 0 Å². The van der Waals surface area contributed by atoms with Crippen LogP contribution < -0.4 is 5.32 Å². The fourth-order valence-corrected chi connectivity index (χ4v) is 3.34. The first-order valence-electron chi connectivity index (χ1n) is 8.56.